The topological polar surface area (TPSA) is 26.3 Å². The van der Waals surface area contributed by atoms with Crippen LogP contribution in [0.2, 0.25) is 0 Å². The first-order chi connectivity index (χ1) is 9.65. The fourth-order valence-electron chi connectivity index (χ4n) is 2.63. The van der Waals surface area contributed by atoms with Crippen LogP contribution in [0.1, 0.15) is 28.4 Å². The zero-order valence-corrected chi connectivity index (χ0v) is 11.6. The van der Waals surface area contributed by atoms with Crippen molar-refractivity contribution in [1.82, 2.24) is 0 Å². The number of hydrogen-bond donors (Lipinski definition) is 0. The van der Waals surface area contributed by atoms with E-state index in [-0.39, 0.29) is 5.78 Å². The lowest BCUT2D eigenvalue weighted by Gasteiger charge is -2.29. The Morgan fingerprint density at radius 3 is 2.40 bits per heavy atom. The highest BCUT2D eigenvalue weighted by atomic mass is 16.5. The number of ether oxygens (including phenoxy) is 1. The van der Waals surface area contributed by atoms with E-state index in [4.69, 9.17) is 4.74 Å². The van der Waals surface area contributed by atoms with Crippen molar-refractivity contribution in [3.63, 3.8) is 0 Å². The number of Topliss-reactive ketones (excluding diaryl/α,β-unsaturated/α-hetero) is 1. The van der Waals surface area contributed by atoms with E-state index in [0.717, 1.165) is 22.4 Å². The molecule has 2 aromatic rings. The molecular weight excluding hydrogens is 248 g/mol. The molecule has 3 rings (SSSR count). The third-order valence-corrected chi connectivity index (χ3v) is 3.96. The molecule has 1 aliphatic carbocycles. The maximum atomic E-state index is 12.8. The Balaban J connectivity index is 2.07. The van der Waals surface area contributed by atoms with Gasteiger partial charge in [-0.1, -0.05) is 48.6 Å². The Morgan fingerprint density at radius 2 is 1.70 bits per heavy atom. The Morgan fingerprint density at radius 1 is 1.00 bits per heavy atom. The molecule has 1 unspecified atom stereocenters. The first-order valence-corrected chi connectivity index (χ1v) is 6.63. The summed E-state index contributed by atoms with van der Waals surface area (Å²) in [7, 11) is 1.64. The van der Waals surface area contributed by atoms with E-state index < -0.39 is 5.41 Å². The lowest BCUT2D eigenvalue weighted by molar-refractivity contribution is 0.0925. The van der Waals surface area contributed by atoms with Crippen molar-refractivity contribution >= 4 is 11.9 Å². The van der Waals surface area contributed by atoms with E-state index in [1.165, 1.54) is 0 Å². The molecule has 20 heavy (non-hydrogen) atoms. The highest BCUT2D eigenvalue weighted by molar-refractivity contribution is 6.10. The van der Waals surface area contributed by atoms with Crippen LogP contribution in [0, 0.1) is 0 Å². The Bertz CT molecular complexity index is 683. The molecular formula is C18H16O2. The standard InChI is InChI=1S/C18H16O2/c1-18(14-7-9-15(20-2)10-8-14)12-11-13-5-3-4-6-16(13)17(18)19/h3-12H,1-2H3. The molecule has 0 N–H and O–H groups in total. The van der Waals surface area contributed by atoms with E-state index in [1.54, 1.807) is 7.11 Å². The molecule has 0 bridgehead atoms. The van der Waals surface area contributed by atoms with Crippen molar-refractivity contribution in [1.29, 1.82) is 0 Å². The lowest BCUT2D eigenvalue weighted by atomic mass is 9.72. The molecule has 100 valence electrons. The number of carbonyl (C=O) groups is 1. The van der Waals surface area contributed by atoms with E-state index in [0.29, 0.717) is 0 Å². The quantitative estimate of drug-likeness (QED) is 0.823. The highest BCUT2D eigenvalue weighted by Gasteiger charge is 2.36. The second-order valence-electron chi connectivity index (χ2n) is 5.18. The van der Waals surface area contributed by atoms with Gasteiger partial charge in [-0.2, -0.15) is 0 Å². The number of allylic oxidation sites excluding steroid dienone is 1. The number of benzene rings is 2. The van der Waals surface area contributed by atoms with Crippen LogP contribution in [-0.4, -0.2) is 12.9 Å². The van der Waals surface area contributed by atoms with Gasteiger partial charge in [-0.05, 0) is 30.2 Å². The Hall–Kier alpha value is -2.35. The van der Waals surface area contributed by atoms with Crippen LogP contribution in [0.5, 0.6) is 5.75 Å². The number of rotatable bonds is 2. The number of hydrogen-bond acceptors (Lipinski definition) is 2. The van der Waals surface area contributed by atoms with Crippen LogP contribution in [0.15, 0.2) is 54.6 Å². The van der Waals surface area contributed by atoms with Crippen molar-refractivity contribution < 1.29 is 9.53 Å². The van der Waals surface area contributed by atoms with Gasteiger partial charge in [-0.3, -0.25) is 4.79 Å². The van der Waals surface area contributed by atoms with Crippen molar-refractivity contribution in [2.75, 3.05) is 7.11 Å². The van der Waals surface area contributed by atoms with Gasteiger partial charge in [0.1, 0.15) is 5.75 Å². The van der Waals surface area contributed by atoms with E-state index in [2.05, 4.69) is 0 Å². The summed E-state index contributed by atoms with van der Waals surface area (Å²) in [6, 6.07) is 15.4. The van der Waals surface area contributed by atoms with E-state index in [9.17, 15) is 4.79 Å². The molecule has 0 saturated carbocycles. The smallest absolute Gasteiger partial charge is 0.177 e. The predicted octanol–water partition coefficient (Wildman–Crippen LogP) is 3.86. The normalized spacial score (nSPS) is 20.6. The molecule has 2 heteroatoms. The summed E-state index contributed by atoms with van der Waals surface area (Å²) in [5, 5.41) is 0. The molecule has 0 aliphatic heterocycles. The SMILES string of the molecule is COc1ccc(C2(C)C=Cc3ccccc3C2=O)cc1. The number of fused-ring (bicyclic) bond motifs is 1. The molecule has 1 aliphatic rings. The summed E-state index contributed by atoms with van der Waals surface area (Å²) < 4.78 is 5.17. The van der Waals surface area contributed by atoms with Gasteiger partial charge in [0.2, 0.25) is 0 Å². The van der Waals surface area contributed by atoms with Crippen molar-refractivity contribution in [2.45, 2.75) is 12.3 Å². The van der Waals surface area contributed by atoms with Gasteiger partial charge in [-0.15, -0.1) is 0 Å². The second-order valence-corrected chi connectivity index (χ2v) is 5.18. The summed E-state index contributed by atoms with van der Waals surface area (Å²) in [5.41, 5.74) is 2.14. The summed E-state index contributed by atoms with van der Waals surface area (Å²) >= 11 is 0. The lowest BCUT2D eigenvalue weighted by Crippen LogP contribution is -2.33. The predicted molar refractivity (Wildman–Crippen MR) is 80.2 cm³/mol. The van der Waals surface area contributed by atoms with Gasteiger partial charge in [-0.25, -0.2) is 0 Å². The molecule has 1 atom stereocenters. The fourth-order valence-corrected chi connectivity index (χ4v) is 2.63. The van der Waals surface area contributed by atoms with Gasteiger partial charge < -0.3 is 4.74 Å². The van der Waals surface area contributed by atoms with E-state index in [1.807, 2.05) is 67.6 Å². The average Bonchev–Trinajstić information content (AvgIpc) is 2.51. The monoisotopic (exact) mass is 264 g/mol. The van der Waals surface area contributed by atoms with Crippen LogP contribution in [0.25, 0.3) is 6.08 Å². The molecule has 0 saturated heterocycles. The third kappa shape index (κ3) is 1.85. The van der Waals surface area contributed by atoms with Crippen LogP contribution < -0.4 is 4.74 Å². The van der Waals surface area contributed by atoms with Crippen molar-refractivity contribution in [3.8, 4) is 5.75 Å². The molecule has 0 radical (unpaired) electrons. The average molecular weight is 264 g/mol. The van der Waals surface area contributed by atoms with Crippen molar-refractivity contribution in [2.24, 2.45) is 0 Å². The molecule has 0 amide bonds. The third-order valence-electron chi connectivity index (χ3n) is 3.96. The first kappa shape index (κ1) is 12.7. The Kier molecular flexibility index (Phi) is 2.94. The van der Waals surface area contributed by atoms with Gasteiger partial charge in [0.15, 0.2) is 5.78 Å². The van der Waals surface area contributed by atoms with Gasteiger partial charge in [0.05, 0.1) is 12.5 Å². The zero-order valence-electron chi connectivity index (χ0n) is 11.6. The molecule has 0 spiro atoms. The fraction of sp³-hybridized carbons (Fsp3) is 0.167. The number of ketones is 1. The maximum Gasteiger partial charge on any atom is 0.177 e. The minimum absolute atomic E-state index is 0.140. The first-order valence-electron chi connectivity index (χ1n) is 6.63. The summed E-state index contributed by atoms with van der Waals surface area (Å²) in [5.74, 6) is 0.936. The minimum atomic E-state index is -0.610. The molecule has 0 fully saturated rings. The summed E-state index contributed by atoms with van der Waals surface area (Å²) in [4.78, 5) is 12.8. The minimum Gasteiger partial charge on any atom is -0.497 e. The highest BCUT2D eigenvalue weighted by Crippen LogP contribution is 2.36. The Labute approximate surface area is 118 Å². The van der Waals surface area contributed by atoms with Gasteiger partial charge in [0.25, 0.3) is 0 Å². The van der Waals surface area contributed by atoms with Crippen molar-refractivity contribution in [3.05, 3.63) is 71.3 Å². The van der Waals surface area contributed by atoms with Gasteiger partial charge in [0, 0.05) is 5.56 Å². The number of carbonyl (C=O) groups excluding carboxylic acids is 1. The van der Waals surface area contributed by atoms with Crippen LogP contribution >= 0.6 is 0 Å². The summed E-state index contributed by atoms with van der Waals surface area (Å²) in [6.07, 6.45) is 4.01. The second kappa shape index (κ2) is 4.64. The number of methoxy groups -OCH3 is 1. The summed E-state index contributed by atoms with van der Waals surface area (Å²) in [6.45, 7) is 1.96. The van der Waals surface area contributed by atoms with E-state index >= 15 is 0 Å². The van der Waals surface area contributed by atoms with Crippen LogP contribution in [0.3, 0.4) is 0 Å². The van der Waals surface area contributed by atoms with Crippen LogP contribution in [0.4, 0.5) is 0 Å². The molecule has 2 aromatic carbocycles. The zero-order chi connectivity index (χ0) is 14.2. The van der Waals surface area contributed by atoms with Gasteiger partial charge >= 0.3 is 0 Å². The molecule has 0 aromatic heterocycles. The molecule has 2 nitrogen and oxygen atoms in total. The largest absolute Gasteiger partial charge is 0.497 e. The van der Waals surface area contributed by atoms with Crippen LogP contribution in [-0.2, 0) is 5.41 Å². The maximum absolute atomic E-state index is 12.8. The molecule has 0 heterocycles.